The lowest BCUT2D eigenvalue weighted by atomic mass is 10.1. The highest BCUT2D eigenvalue weighted by atomic mass is 35.5. The van der Waals surface area contributed by atoms with Crippen LogP contribution in [0.4, 0.5) is 5.69 Å². The van der Waals surface area contributed by atoms with Crippen LogP contribution >= 0.6 is 11.6 Å². The number of benzene rings is 1. The number of hydrogen-bond acceptors (Lipinski definition) is 4. The molecule has 1 rings (SSSR count). The smallest absolute Gasteiger partial charge is 0.236 e. The first-order chi connectivity index (χ1) is 8.43. The van der Waals surface area contributed by atoms with Gasteiger partial charge in [0.15, 0.2) is 0 Å². The molecule has 0 fully saturated rings. The van der Waals surface area contributed by atoms with Gasteiger partial charge in [-0.25, -0.2) is 0 Å². The standard InChI is InChI=1S/C11H15ClN4O2/c12-8-2-1-7(4-13)9(3-8)16(5-10(14)17)6-11(15)18/h1-3H,4-6,13H2,(H2,14,17)(H2,15,18). The Labute approximate surface area is 110 Å². The second kappa shape index (κ2) is 6.23. The van der Waals surface area contributed by atoms with Crippen LogP contribution in [0.15, 0.2) is 18.2 Å². The second-order valence-electron chi connectivity index (χ2n) is 3.77. The summed E-state index contributed by atoms with van der Waals surface area (Å²) >= 11 is 5.89. The van der Waals surface area contributed by atoms with Gasteiger partial charge in [-0.15, -0.1) is 0 Å². The Morgan fingerprint density at radius 3 is 2.17 bits per heavy atom. The maximum Gasteiger partial charge on any atom is 0.236 e. The lowest BCUT2D eigenvalue weighted by Gasteiger charge is -2.24. The molecule has 18 heavy (non-hydrogen) atoms. The molecule has 6 nitrogen and oxygen atoms in total. The monoisotopic (exact) mass is 270 g/mol. The van der Waals surface area contributed by atoms with Crippen molar-refractivity contribution in [3.05, 3.63) is 28.8 Å². The van der Waals surface area contributed by atoms with Crippen molar-refractivity contribution in [3.63, 3.8) is 0 Å². The Balaban J connectivity index is 3.13. The third-order valence-electron chi connectivity index (χ3n) is 2.30. The molecule has 0 bridgehead atoms. The van der Waals surface area contributed by atoms with Gasteiger partial charge in [-0.1, -0.05) is 17.7 Å². The fourth-order valence-electron chi connectivity index (χ4n) is 1.61. The van der Waals surface area contributed by atoms with Crippen LogP contribution in [-0.2, 0) is 16.1 Å². The predicted molar refractivity (Wildman–Crippen MR) is 69.9 cm³/mol. The van der Waals surface area contributed by atoms with Crippen LogP contribution in [0.2, 0.25) is 5.02 Å². The number of rotatable bonds is 6. The summed E-state index contributed by atoms with van der Waals surface area (Å²) in [5.74, 6) is -1.14. The van der Waals surface area contributed by atoms with Crippen molar-refractivity contribution in [3.8, 4) is 0 Å². The van der Waals surface area contributed by atoms with Crippen LogP contribution in [0, 0.1) is 0 Å². The number of halogens is 1. The molecule has 0 heterocycles. The molecule has 1 aromatic carbocycles. The molecule has 6 N–H and O–H groups in total. The van der Waals surface area contributed by atoms with Gasteiger partial charge in [0.2, 0.25) is 11.8 Å². The molecule has 0 saturated carbocycles. The van der Waals surface area contributed by atoms with E-state index in [1.54, 1.807) is 18.2 Å². The van der Waals surface area contributed by atoms with E-state index in [1.165, 1.54) is 4.90 Å². The minimum atomic E-state index is -0.570. The van der Waals surface area contributed by atoms with E-state index in [0.29, 0.717) is 10.7 Å². The van der Waals surface area contributed by atoms with Gasteiger partial charge in [-0.05, 0) is 17.7 Å². The van der Waals surface area contributed by atoms with Crippen molar-refractivity contribution < 1.29 is 9.59 Å². The molecule has 2 amide bonds. The molecule has 7 heteroatoms. The highest BCUT2D eigenvalue weighted by Gasteiger charge is 2.15. The number of nitrogens with two attached hydrogens (primary N) is 3. The summed E-state index contributed by atoms with van der Waals surface area (Å²) in [7, 11) is 0. The lowest BCUT2D eigenvalue weighted by Crippen LogP contribution is -2.40. The van der Waals surface area contributed by atoms with E-state index in [-0.39, 0.29) is 19.6 Å². The first kappa shape index (κ1) is 14.3. The molecule has 0 radical (unpaired) electrons. The summed E-state index contributed by atoms with van der Waals surface area (Å²) < 4.78 is 0. The van der Waals surface area contributed by atoms with Gasteiger partial charge in [0.05, 0.1) is 13.1 Å². The van der Waals surface area contributed by atoms with E-state index in [2.05, 4.69) is 0 Å². The highest BCUT2D eigenvalue weighted by molar-refractivity contribution is 6.30. The van der Waals surface area contributed by atoms with Gasteiger partial charge in [0, 0.05) is 17.3 Å². The van der Waals surface area contributed by atoms with E-state index in [9.17, 15) is 9.59 Å². The van der Waals surface area contributed by atoms with E-state index >= 15 is 0 Å². The molecule has 0 atom stereocenters. The van der Waals surface area contributed by atoms with Crippen molar-refractivity contribution in [1.29, 1.82) is 0 Å². The number of anilines is 1. The van der Waals surface area contributed by atoms with Crippen molar-refractivity contribution in [2.45, 2.75) is 6.54 Å². The van der Waals surface area contributed by atoms with Gasteiger partial charge in [-0.2, -0.15) is 0 Å². The molecular weight excluding hydrogens is 256 g/mol. The van der Waals surface area contributed by atoms with E-state index in [1.807, 2.05) is 0 Å². The maximum absolute atomic E-state index is 11.0. The Bertz CT molecular complexity index is 448. The van der Waals surface area contributed by atoms with Crippen LogP contribution in [0.1, 0.15) is 5.56 Å². The number of carbonyl (C=O) groups excluding carboxylic acids is 2. The molecule has 1 aromatic rings. The van der Waals surface area contributed by atoms with Gasteiger partial charge in [-0.3, -0.25) is 9.59 Å². The Morgan fingerprint density at radius 2 is 1.72 bits per heavy atom. The summed E-state index contributed by atoms with van der Waals surface area (Å²) in [6.45, 7) is -0.00685. The third-order valence-corrected chi connectivity index (χ3v) is 2.54. The molecule has 0 spiro atoms. The van der Waals surface area contributed by atoms with Crippen LogP contribution in [0.25, 0.3) is 0 Å². The largest absolute Gasteiger partial charge is 0.368 e. The molecule has 0 aromatic heterocycles. The van der Waals surface area contributed by atoms with Crippen molar-refractivity contribution in [2.75, 3.05) is 18.0 Å². The fraction of sp³-hybridized carbons (Fsp3) is 0.273. The number of carbonyl (C=O) groups is 2. The number of nitrogens with zero attached hydrogens (tertiary/aromatic N) is 1. The Hall–Kier alpha value is -1.79. The average molecular weight is 271 g/mol. The fourth-order valence-corrected chi connectivity index (χ4v) is 1.77. The quantitative estimate of drug-likeness (QED) is 0.651. The average Bonchev–Trinajstić information content (AvgIpc) is 2.26. The van der Waals surface area contributed by atoms with Crippen molar-refractivity contribution >= 4 is 29.1 Å². The summed E-state index contributed by atoms with van der Waals surface area (Å²) in [5, 5.41) is 0.473. The topological polar surface area (TPSA) is 115 Å². The molecule has 0 aliphatic carbocycles. The Kier molecular flexibility index (Phi) is 4.94. The number of primary amides is 2. The molecular formula is C11H15ClN4O2. The maximum atomic E-state index is 11.0. The number of hydrogen-bond donors (Lipinski definition) is 3. The molecule has 0 aliphatic heterocycles. The van der Waals surface area contributed by atoms with Crippen molar-refractivity contribution in [2.24, 2.45) is 17.2 Å². The minimum Gasteiger partial charge on any atom is -0.368 e. The SMILES string of the molecule is NCc1ccc(Cl)cc1N(CC(N)=O)CC(N)=O. The van der Waals surface area contributed by atoms with Gasteiger partial charge in [0.25, 0.3) is 0 Å². The first-order valence-electron chi connectivity index (χ1n) is 5.24. The highest BCUT2D eigenvalue weighted by Crippen LogP contribution is 2.24. The summed E-state index contributed by atoms with van der Waals surface area (Å²) in [6.07, 6.45) is 0. The lowest BCUT2D eigenvalue weighted by molar-refractivity contribution is -0.117. The zero-order valence-electron chi connectivity index (χ0n) is 9.73. The van der Waals surface area contributed by atoms with Gasteiger partial charge < -0.3 is 22.1 Å². The van der Waals surface area contributed by atoms with Crippen LogP contribution in [-0.4, -0.2) is 24.9 Å². The first-order valence-corrected chi connectivity index (χ1v) is 5.62. The molecule has 0 aliphatic rings. The van der Waals surface area contributed by atoms with Crippen LogP contribution < -0.4 is 22.1 Å². The van der Waals surface area contributed by atoms with E-state index in [4.69, 9.17) is 28.8 Å². The van der Waals surface area contributed by atoms with E-state index < -0.39 is 11.8 Å². The Morgan fingerprint density at radius 1 is 1.17 bits per heavy atom. The number of amides is 2. The molecule has 0 saturated heterocycles. The zero-order valence-corrected chi connectivity index (χ0v) is 10.5. The summed E-state index contributed by atoms with van der Waals surface area (Å²) in [5.41, 5.74) is 17.2. The van der Waals surface area contributed by atoms with Crippen LogP contribution in [0.5, 0.6) is 0 Å². The minimum absolute atomic E-state index is 0.129. The van der Waals surface area contributed by atoms with E-state index in [0.717, 1.165) is 5.56 Å². The third kappa shape index (κ3) is 3.90. The molecule has 0 unspecified atom stereocenters. The molecule has 98 valence electrons. The summed E-state index contributed by atoms with van der Waals surface area (Å²) in [6, 6.07) is 5.03. The van der Waals surface area contributed by atoms with Gasteiger partial charge in [0.1, 0.15) is 0 Å². The normalized spacial score (nSPS) is 10.1. The van der Waals surface area contributed by atoms with Gasteiger partial charge >= 0.3 is 0 Å². The summed E-state index contributed by atoms with van der Waals surface area (Å²) in [4.78, 5) is 23.5. The zero-order chi connectivity index (χ0) is 13.7. The predicted octanol–water partition coefficient (Wildman–Crippen LogP) is -0.424. The van der Waals surface area contributed by atoms with Crippen LogP contribution in [0.3, 0.4) is 0 Å². The second-order valence-corrected chi connectivity index (χ2v) is 4.20. The van der Waals surface area contributed by atoms with Crippen molar-refractivity contribution in [1.82, 2.24) is 0 Å².